The molecule has 0 fully saturated rings. The minimum Gasteiger partial charge on any atom is -0.385 e. The Morgan fingerprint density at radius 2 is 1.65 bits per heavy atom. The summed E-state index contributed by atoms with van der Waals surface area (Å²) < 4.78 is 32.7. The molecule has 0 spiro atoms. The third kappa shape index (κ3) is 6.25. The van der Waals surface area contributed by atoms with Gasteiger partial charge in [-0.2, -0.15) is 4.72 Å². The number of benzene rings is 2. The van der Waals surface area contributed by atoms with Crippen LogP contribution in [0.1, 0.15) is 12.0 Å². The number of rotatable bonds is 10. The summed E-state index contributed by atoms with van der Waals surface area (Å²) in [5.74, 6) is -0.357. The van der Waals surface area contributed by atoms with E-state index in [4.69, 9.17) is 4.74 Å². The highest BCUT2D eigenvalue weighted by atomic mass is 32.2. The summed E-state index contributed by atoms with van der Waals surface area (Å²) in [6.07, 6.45) is 0.925. The van der Waals surface area contributed by atoms with Crippen LogP contribution in [0.25, 0.3) is 0 Å². The number of hydrogen-bond acceptors (Lipinski definition) is 4. The van der Waals surface area contributed by atoms with E-state index in [1.54, 1.807) is 25.3 Å². The van der Waals surface area contributed by atoms with Gasteiger partial charge in [0, 0.05) is 20.3 Å². The van der Waals surface area contributed by atoms with Crippen LogP contribution in [0.5, 0.6) is 0 Å². The fourth-order valence-corrected chi connectivity index (χ4v) is 3.66. The van der Waals surface area contributed by atoms with Crippen molar-refractivity contribution >= 4 is 15.9 Å². The van der Waals surface area contributed by atoms with E-state index >= 15 is 0 Å². The molecule has 0 aliphatic carbocycles. The zero-order chi connectivity index (χ0) is 18.8. The van der Waals surface area contributed by atoms with Gasteiger partial charge < -0.3 is 10.1 Å². The third-order valence-corrected chi connectivity index (χ3v) is 5.26. The van der Waals surface area contributed by atoms with Crippen LogP contribution in [0.4, 0.5) is 0 Å². The van der Waals surface area contributed by atoms with Gasteiger partial charge in [0.25, 0.3) is 0 Å². The number of methoxy groups -OCH3 is 1. The topological polar surface area (TPSA) is 84.5 Å². The van der Waals surface area contributed by atoms with E-state index in [1.807, 2.05) is 30.3 Å². The zero-order valence-electron chi connectivity index (χ0n) is 14.7. The molecule has 0 saturated heterocycles. The van der Waals surface area contributed by atoms with Gasteiger partial charge in [-0.1, -0.05) is 48.5 Å². The molecule has 0 saturated carbocycles. The van der Waals surface area contributed by atoms with E-state index in [1.165, 1.54) is 12.1 Å². The maximum absolute atomic E-state index is 12.6. The average Bonchev–Trinajstić information content (AvgIpc) is 2.66. The summed E-state index contributed by atoms with van der Waals surface area (Å²) in [7, 11) is -2.20. The number of amides is 1. The zero-order valence-corrected chi connectivity index (χ0v) is 15.5. The first-order chi connectivity index (χ1) is 12.5. The number of sulfonamides is 1. The van der Waals surface area contributed by atoms with Crippen LogP contribution in [0.3, 0.4) is 0 Å². The number of hydrogen-bond donors (Lipinski definition) is 2. The second-order valence-electron chi connectivity index (χ2n) is 5.81. The van der Waals surface area contributed by atoms with Gasteiger partial charge in [-0.25, -0.2) is 8.42 Å². The van der Waals surface area contributed by atoms with Gasteiger partial charge in [-0.15, -0.1) is 0 Å². The Morgan fingerprint density at radius 1 is 1.04 bits per heavy atom. The molecular formula is C19H24N2O4S. The Hall–Kier alpha value is -2.22. The van der Waals surface area contributed by atoms with Gasteiger partial charge in [-0.05, 0) is 30.5 Å². The molecule has 2 aromatic carbocycles. The molecule has 0 heterocycles. The van der Waals surface area contributed by atoms with Crippen molar-refractivity contribution in [3.63, 3.8) is 0 Å². The maximum atomic E-state index is 12.6. The van der Waals surface area contributed by atoms with E-state index in [0.717, 1.165) is 5.56 Å². The fourth-order valence-electron chi connectivity index (χ4n) is 2.44. The number of carbonyl (C=O) groups is 1. The van der Waals surface area contributed by atoms with Gasteiger partial charge in [0.05, 0.1) is 4.90 Å². The molecule has 1 amide bonds. The molecule has 7 heteroatoms. The van der Waals surface area contributed by atoms with E-state index in [0.29, 0.717) is 19.6 Å². The van der Waals surface area contributed by atoms with Crippen LogP contribution < -0.4 is 10.0 Å². The number of ether oxygens (including phenoxy) is 1. The monoisotopic (exact) mass is 376 g/mol. The van der Waals surface area contributed by atoms with Crippen LogP contribution in [-0.2, 0) is 26.0 Å². The molecule has 1 atom stereocenters. The van der Waals surface area contributed by atoms with Crippen molar-refractivity contribution < 1.29 is 17.9 Å². The van der Waals surface area contributed by atoms with Crippen LogP contribution in [0, 0.1) is 0 Å². The third-order valence-electron chi connectivity index (χ3n) is 3.77. The normalized spacial score (nSPS) is 12.5. The summed E-state index contributed by atoms with van der Waals surface area (Å²) in [6, 6.07) is 16.4. The highest BCUT2D eigenvalue weighted by molar-refractivity contribution is 7.89. The molecule has 0 unspecified atom stereocenters. The molecule has 26 heavy (non-hydrogen) atoms. The molecule has 0 aliphatic heterocycles. The first kappa shape index (κ1) is 20.1. The minimum absolute atomic E-state index is 0.130. The fraction of sp³-hybridized carbons (Fsp3) is 0.316. The van der Waals surface area contributed by atoms with E-state index in [2.05, 4.69) is 10.0 Å². The molecule has 2 N–H and O–H groups in total. The SMILES string of the molecule is COCCCNC(=O)[C@H](Cc1ccccc1)NS(=O)(=O)c1ccccc1. The lowest BCUT2D eigenvalue weighted by Gasteiger charge is -2.19. The summed E-state index contributed by atoms with van der Waals surface area (Å²) in [4.78, 5) is 12.7. The first-order valence-electron chi connectivity index (χ1n) is 8.41. The Kier molecular flexibility index (Phi) is 7.77. The van der Waals surface area contributed by atoms with Crippen molar-refractivity contribution in [3.8, 4) is 0 Å². The van der Waals surface area contributed by atoms with Gasteiger partial charge >= 0.3 is 0 Å². The Bertz CT molecular complexity index is 780. The minimum atomic E-state index is -3.80. The van der Waals surface area contributed by atoms with Crippen molar-refractivity contribution in [2.75, 3.05) is 20.3 Å². The Morgan fingerprint density at radius 3 is 2.27 bits per heavy atom. The number of nitrogens with one attached hydrogen (secondary N) is 2. The molecule has 6 nitrogen and oxygen atoms in total. The van der Waals surface area contributed by atoms with Crippen LogP contribution in [0.2, 0.25) is 0 Å². The molecule has 2 rings (SSSR count). The highest BCUT2D eigenvalue weighted by Gasteiger charge is 2.25. The van der Waals surface area contributed by atoms with Crippen LogP contribution in [-0.4, -0.2) is 40.6 Å². The number of carbonyl (C=O) groups excluding carboxylic acids is 1. The van der Waals surface area contributed by atoms with Gasteiger partial charge in [0.1, 0.15) is 6.04 Å². The summed E-state index contributed by atoms with van der Waals surface area (Å²) >= 11 is 0. The lowest BCUT2D eigenvalue weighted by Crippen LogP contribution is -2.48. The smallest absolute Gasteiger partial charge is 0.241 e. The summed E-state index contributed by atoms with van der Waals surface area (Å²) in [6.45, 7) is 0.949. The van der Waals surface area contributed by atoms with Crippen molar-refractivity contribution in [1.82, 2.24) is 10.0 Å². The Balaban J connectivity index is 2.13. The van der Waals surface area contributed by atoms with Crippen LogP contribution in [0.15, 0.2) is 65.6 Å². The standard InChI is InChI=1S/C19H24N2O4S/c1-25-14-8-13-20-19(22)18(15-16-9-4-2-5-10-16)21-26(23,24)17-11-6-3-7-12-17/h2-7,9-12,18,21H,8,13-15H2,1H3,(H,20,22)/t18-/m0/s1. The van der Waals surface area contributed by atoms with Gasteiger partial charge in [-0.3, -0.25) is 4.79 Å². The molecule has 0 aromatic heterocycles. The van der Waals surface area contributed by atoms with Gasteiger partial charge in [0.15, 0.2) is 0 Å². The summed E-state index contributed by atoms with van der Waals surface area (Å²) in [5, 5.41) is 2.77. The van der Waals surface area contributed by atoms with Crippen molar-refractivity contribution in [3.05, 3.63) is 66.2 Å². The van der Waals surface area contributed by atoms with Crippen molar-refractivity contribution in [2.45, 2.75) is 23.8 Å². The molecular weight excluding hydrogens is 352 g/mol. The van der Waals surface area contributed by atoms with E-state index in [9.17, 15) is 13.2 Å². The predicted molar refractivity (Wildman–Crippen MR) is 100 cm³/mol. The predicted octanol–water partition coefficient (Wildman–Crippen LogP) is 1.73. The maximum Gasteiger partial charge on any atom is 0.241 e. The van der Waals surface area contributed by atoms with E-state index < -0.39 is 16.1 Å². The highest BCUT2D eigenvalue weighted by Crippen LogP contribution is 2.11. The molecule has 0 bridgehead atoms. The van der Waals surface area contributed by atoms with Crippen molar-refractivity contribution in [2.24, 2.45) is 0 Å². The largest absolute Gasteiger partial charge is 0.385 e. The average molecular weight is 376 g/mol. The second-order valence-corrected chi connectivity index (χ2v) is 7.53. The lowest BCUT2D eigenvalue weighted by molar-refractivity contribution is -0.122. The molecule has 140 valence electrons. The molecule has 2 aromatic rings. The molecule has 0 radical (unpaired) electrons. The van der Waals surface area contributed by atoms with E-state index in [-0.39, 0.29) is 17.2 Å². The Labute approximate surface area is 154 Å². The quantitative estimate of drug-likeness (QED) is 0.619. The van der Waals surface area contributed by atoms with Crippen molar-refractivity contribution in [1.29, 1.82) is 0 Å². The second kappa shape index (κ2) is 10.1. The molecule has 0 aliphatic rings. The first-order valence-corrected chi connectivity index (χ1v) is 9.89. The summed E-state index contributed by atoms with van der Waals surface area (Å²) in [5.41, 5.74) is 0.875. The van der Waals surface area contributed by atoms with Crippen LogP contribution >= 0.6 is 0 Å². The van der Waals surface area contributed by atoms with Gasteiger partial charge in [0.2, 0.25) is 15.9 Å². The lowest BCUT2D eigenvalue weighted by atomic mass is 10.1.